The minimum atomic E-state index is -4.67. The summed E-state index contributed by atoms with van der Waals surface area (Å²) < 4.78 is 63.2. The van der Waals surface area contributed by atoms with Gasteiger partial charge < -0.3 is 2.85 Å². The predicted molar refractivity (Wildman–Crippen MR) is 50.5 cm³/mol. The summed E-state index contributed by atoms with van der Waals surface area (Å²) in [4.78, 5) is 0. The van der Waals surface area contributed by atoms with Crippen LogP contribution < -0.4 is 103 Å². The quantitative estimate of drug-likeness (QED) is 0.252. The molecule has 0 rings (SSSR count). The third kappa shape index (κ3) is 220. The van der Waals surface area contributed by atoms with E-state index in [4.69, 9.17) is 35.0 Å². The van der Waals surface area contributed by atoms with E-state index in [0.717, 1.165) is 0 Å². The summed E-state index contributed by atoms with van der Waals surface area (Å²) in [5, 5.41) is 0. The van der Waals surface area contributed by atoms with Crippen molar-refractivity contribution in [3.05, 3.63) is 0 Å². The SMILES string of the molecule is O=S(=O)(O)O.O=S(=O)(O)O.[AlH3].[AlH3].[H-].[H-].[K+].[K+]. The van der Waals surface area contributed by atoms with Crippen LogP contribution in [-0.2, 0) is 20.8 Å². The molecule has 14 heteroatoms. The fourth-order valence-electron chi connectivity index (χ4n) is 0. The monoisotopic (exact) mass is 336 g/mol. The Labute approximate surface area is 191 Å². The van der Waals surface area contributed by atoms with Crippen molar-refractivity contribution in [3.8, 4) is 0 Å². The van der Waals surface area contributed by atoms with Crippen molar-refractivity contribution in [2.45, 2.75) is 0 Å². The summed E-state index contributed by atoms with van der Waals surface area (Å²) in [5.74, 6) is 0. The molecule has 0 unspecified atom stereocenters. The predicted octanol–water partition coefficient (Wildman–Crippen LogP) is -9.44. The van der Waals surface area contributed by atoms with Crippen molar-refractivity contribution >= 4 is 55.5 Å². The van der Waals surface area contributed by atoms with E-state index in [1.165, 1.54) is 0 Å². The van der Waals surface area contributed by atoms with E-state index in [0.29, 0.717) is 0 Å². The molecule has 0 fully saturated rings. The maximum Gasteiger partial charge on any atom is 1.00 e. The Morgan fingerprint density at radius 2 is 0.643 bits per heavy atom. The van der Waals surface area contributed by atoms with Gasteiger partial charge in [-0.05, 0) is 0 Å². The molecule has 0 atom stereocenters. The van der Waals surface area contributed by atoms with Gasteiger partial charge in [0.05, 0.1) is 0 Å². The summed E-state index contributed by atoms with van der Waals surface area (Å²) in [5.41, 5.74) is 0. The average molecular weight is 336 g/mol. The first-order valence-corrected chi connectivity index (χ1v) is 4.19. The normalized spacial score (nSPS) is 8.29. The Morgan fingerprint density at radius 1 is 0.643 bits per heavy atom. The summed E-state index contributed by atoms with van der Waals surface area (Å²) in [7, 11) is -9.33. The topological polar surface area (TPSA) is 149 Å². The second kappa shape index (κ2) is 17.1. The molecule has 14 heavy (non-hydrogen) atoms. The van der Waals surface area contributed by atoms with E-state index >= 15 is 0 Å². The first kappa shape index (κ1) is 36.1. The largest absolute Gasteiger partial charge is 1.00 e. The van der Waals surface area contributed by atoms with Crippen LogP contribution in [0, 0.1) is 0 Å². The third-order valence-corrected chi connectivity index (χ3v) is 0. The molecule has 0 saturated carbocycles. The second-order valence-electron chi connectivity index (χ2n) is 0.896. The van der Waals surface area contributed by atoms with E-state index in [2.05, 4.69) is 0 Å². The Kier molecular flexibility index (Phi) is 44.1. The fourth-order valence-corrected chi connectivity index (χ4v) is 0. The molecule has 0 radical (unpaired) electrons. The molecule has 0 aliphatic carbocycles. The number of rotatable bonds is 0. The maximum atomic E-state index is 8.74. The van der Waals surface area contributed by atoms with Gasteiger partial charge in [0.1, 0.15) is 0 Å². The average Bonchev–Trinajstić information content (AvgIpc) is 1.12. The van der Waals surface area contributed by atoms with Crippen molar-refractivity contribution in [1.29, 1.82) is 0 Å². The fraction of sp³-hybridized carbons (Fsp3) is 0. The molecule has 0 aromatic carbocycles. The van der Waals surface area contributed by atoms with Crippen molar-refractivity contribution in [1.82, 2.24) is 0 Å². The maximum absolute atomic E-state index is 8.74. The van der Waals surface area contributed by atoms with Gasteiger partial charge in [0.25, 0.3) is 0 Å². The van der Waals surface area contributed by atoms with Crippen LogP contribution in [0.1, 0.15) is 2.85 Å². The number of hydrogen-bond acceptors (Lipinski definition) is 4. The van der Waals surface area contributed by atoms with E-state index < -0.39 is 20.8 Å². The van der Waals surface area contributed by atoms with Crippen molar-refractivity contribution in [2.75, 3.05) is 0 Å². The van der Waals surface area contributed by atoms with Gasteiger partial charge >= 0.3 is 124 Å². The molecule has 8 nitrogen and oxygen atoms in total. The van der Waals surface area contributed by atoms with E-state index in [9.17, 15) is 0 Å². The molecule has 4 N–H and O–H groups in total. The van der Waals surface area contributed by atoms with Crippen LogP contribution in [0.5, 0.6) is 0 Å². The summed E-state index contributed by atoms with van der Waals surface area (Å²) in [6.07, 6.45) is 0. The molecule has 0 heterocycles. The van der Waals surface area contributed by atoms with Gasteiger partial charge in [-0.25, -0.2) is 0 Å². The van der Waals surface area contributed by atoms with Crippen LogP contribution in [0.4, 0.5) is 0 Å². The van der Waals surface area contributed by atoms with Crippen LogP contribution >= 0.6 is 0 Å². The van der Waals surface area contributed by atoms with Gasteiger partial charge in [-0.1, -0.05) is 0 Å². The molecule has 0 aromatic heterocycles. The second-order valence-corrected chi connectivity index (χ2v) is 2.69. The van der Waals surface area contributed by atoms with Crippen LogP contribution in [0.2, 0.25) is 0 Å². The van der Waals surface area contributed by atoms with Gasteiger partial charge in [-0.15, -0.1) is 0 Å². The van der Waals surface area contributed by atoms with Crippen LogP contribution in [0.25, 0.3) is 0 Å². The first-order valence-electron chi connectivity index (χ1n) is 1.40. The smallest absolute Gasteiger partial charge is 1.00 e. The third-order valence-electron chi connectivity index (χ3n) is 0. The molecule has 0 amide bonds. The van der Waals surface area contributed by atoms with Gasteiger partial charge in [-0.2, -0.15) is 16.8 Å². The zero-order valence-electron chi connectivity index (χ0n) is 8.24. The molecular formula is H12Al2K2O8S2. The summed E-state index contributed by atoms with van der Waals surface area (Å²) in [6.45, 7) is 0. The van der Waals surface area contributed by atoms with E-state index in [1.54, 1.807) is 0 Å². The Bertz CT molecular complexity index is 228. The Morgan fingerprint density at radius 3 is 0.643 bits per heavy atom. The minimum Gasteiger partial charge on any atom is -1.00 e. The number of hydrogen-bond donors (Lipinski definition) is 4. The van der Waals surface area contributed by atoms with Gasteiger partial charge in [0.2, 0.25) is 0 Å². The minimum absolute atomic E-state index is 0. The molecule has 0 bridgehead atoms. The van der Waals surface area contributed by atoms with Crippen LogP contribution in [0.15, 0.2) is 0 Å². The van der Waals surface area contributed by atoms with Crippen LogP contribution in [0.3, 0.4) is 0 Å². The Hall–Kier alpha value is 4.08. The zero-order chi connectivity index (χ0) is 9.00. The first-order chi connectivity index (χ1) is 4.00. The van der Waals surface area contributed by atoms with Gasteiger partial charge in [0, 0.05) is 0 Å². The summed E-state index contributed by atoms with van der Waals surface area (Å²) >= 11 is 0. The molecular weight excluding hydrogens is 324 g/mol. The van der Waals surface area contributed by atoms with Crippen LogP contribution in [-0.4, -0.2) is 69.8 Å². The van der Waals surface area contributed by atoms with Crippen molar-refractivity contribution < 1.29 is 141 Å². The zero-order valence-corrected chi connectivity index (χ0v) is 14.1. The van der Waals surface area contributed by atoms with Crippen molar-refractivity contribution in [3.63, 3.8) is 0 Å². The standard InChI is InChI=1S/2Al.2K.2H2O4S.8H/c;;;;2*1-5(2,3)4;;;;;;;;/h;;;;2*(H2,1,2,3,4);;;;;;;;/q;;2*+1;;;;;;;;;2*-1. The molecule has 80 valence electrons. The van der Waals surface area contributed by atoms with E-state index in [1.807, 2.05) is 0 Å². The molecule has 0 saturated heterocycles. The van der Waals surface area contributed by atoms with Gasteiger partial charge in [0.15, 0.2) is 34.7 Å². The van der Waals surface area contributed by atoms with Gasteiger partial charge in [-0.3, -0.25) is 18.2 Å². The summed E-state index contributed by atoms with van der Waals surface area (Å²) in [6, 6.07) is 0. The molecule has 0 aromatic rings. The van der Waals surface area contributed by atoms with E-state index in [-0.39, 0.29) is 140 Å². The molecule has 0 aliphatic heterocycles. The molecule has 0 aliphatic rings. The van der Waals surface area contributed by atoms with Crippen molar-refractivity contribution in [2.24, 2.45) is 0 Å². The molecule has 0 spiro atoms. The Balaban J connectivity index is -0.00000000970.